The molecule has 0 bridgehead atoms. The van der Waals surface area contributed by atoms with E-state index in [0.717, 1.165) is 24.8 Å². The van der Waals surface area contributed by atoms with Gasteiger partial charge in [0.25, 0.3) is 0 Å². The standard InChI is InChI=1S/C15H23NO3S/c1-12(2)13-7-8-15(14(11-13)19-3)20(17,18)16-9-5-4-6-10-16/h7-8,11-12H,4-6,9-10H2,1-3H3. The molecule has 0 unspecified atom stereocenters. The van der Waals surface area contributed by atoms with Gasteiger partial charge in [0.2, 0.25) is 10.0 Å². The Labute approximate surface area is 121 Å². The third kappa shape index (κ3) is 2.99. The van der Waals surface area contributed by atoms with Crippen LogP contribution in [0, 0.1) is 0 Å². The fraction of sp³-hybridized carbons (Fsp3) is 0.600. The van der Waals surface area contributed by atoms with Crippen molar-refractivity contribution in [2.45, 2.75) is 43.9 Å². The van der Waals surface area contributed by atoms with Crippen LogP contribution in [0.25, 0.3) is 0 Å². The summed E-state index contributed by atoms with van der Waals surface area (Å²) in [6, 6.07) is 5.39. The highest BCUT2D eigenvalue weighted by molar-refractivity contribution is 7.89. The zero-order valence-electron chi connectivity index (χ0n) is 12.4. The van der Waals surface area contributed by atoms with E-state index in [1.165, 1.54) is 7.11 Å². The van der Waals surface area contributed by atoms with Crippen molar-refractivity contribution in [2.24, 2.45) is 0 Å². The highest BCUT2D eigenvalue weighted by Gasteiger charge is 2.28. The zero-order chi connectivity index (χ0) is 14.8. The molecule has 1 aliphatic heterocycles. The zero-order valence-corrected chi connectivity index (χ0v) is 13.2. The number of piperidine rings is 1. The Kier molecular flexibility index (Phi) is 4.70. The van der Waals surface area contributed by atoms with Crippen LogP contribution in [-0.2, 0) is 10.0 Å². The molecule has 1 saturated heterocycles. The molecule has 0 aliphatic carbocycles. The van der Waals surface area contributed by atoms with Gasteiger partial charge in [0.15, 0.2) is 0 Å². The maximum atomic E-state index is 12.7. The van der Waals surface area contributed by atoms with Crippen LogP contribution in [0.4, 0.5) is 0 Å². The summed E-state index contributed by atoms with van der Waals surface area (Å²) >= 11 is 0. The van der Waals surface area contributed by atoms with Crippen LogP contribution < -0.4 is 4.74 Å². The van der Waals surface area contributed by atoms with Crippen molar-refractivity contribution in [3.8, 4) is 5.75 Å². The summed E-state index contributed by atoms with van der Waals surface area (Å²) < 4.78 is 32.3. The second-order valence-electron chi connectivity index (χ2n) is 5.53. The van der Waals surface area contributed by atoms with Gasteiger partial charge in [0.1, 0.15) is 10.6 Å². The van der Waals surface area contributed by atoms with E-state index in [9.17, 15) is 8.42 Å². The van der Waals surface area contributed by atoms with Gasteiger partial charge in [-0.05, 0) is 36.5 Å². The predicted molar refractivity (Wildman–Crippen MR) is 79.7 cm³/mol. The van der Waals surface area contributed by atoms with E-state index in [0.29, 0.717) is 24.8 Å². The Hall–Kier alpha value is -1.07. The lowest BCUT2D eigenvalue weighted by Crippen LogP contribution is -2.35. The first-order valence-corrected chi connectivity index (χ1v) is 8.59. The van der Waals surface area contributed by atoms with E-state index in [1.54, 1.807) is 10.4 Å². The molecule has 1 aromatic rings. The monoisotopic (exact) mass is 297 g/mol. The van der Waals surface area contributed by atoms with Crippen molar-refractivity contribution in [3.63, 3.8) is 0 Å². The van der Waals surface area contributed by atoms with E-state index in [1.807, 2.05) is 12.1 Å². The number of benzene rings is 1. The highest BCUT2D eigenvalue weighted by Crippen LogP contribution is 2.31. The number of hydrogen-bond acceptors (Lipinski definition) is 3. The fourth-order valence-electron chi connectivity index (χ4n) is 2.50. The van der Waals surface area contributed by atoms with E-state index < -0.39 is 10.0 Å². The summed E-state index contributed by atoms with van der Waals surface area (Å²) in [6.07, 6.45) is 2.98. The first-order valence-electron chi connectivity index (χ1n) is 7.15. The lowest BCUT2D eigenvalue weighted by molar-refractivity contribution is 0.342. The minimum atomic E-state index is -3.44. The molecule has 112 valence electrons. The summed E-state index contributed by atoms with van der Waals surface area (Å²) in [5, 5.41) is 0. The third-order valence-corrected chi connectivity index (χ3v) is 5.73. The van der Waals surface area contributed by atoms with Gasteiger partial charge in [-0.1, -0.05) is 26.3 Å². The Bertz CT molecular complexity index is 560. The van der Waals surface area contributed by atoms with Gasteiger partial charge in [-0.2, -0.15) is 4.31 Å². The largest absolute Gasteiger partial charge is 0.495 e. The first kappa shape index (κ1) is 15.3. The number of sulfonamides is 1. The molecular weight excluding hydrogens is 274 g/mol. The highest BCUT2D eigenvalue weighted by atomic mass is 32.2. The van der Waals surface area contributed by atoms with Crippen LogP contribution in [0.15, 0.2) is 23.1 Å². The summed E-state index contributed by atoms with van der Waals surface area (Å²) in [6.45, 7) is 5.37. The van der Waals surface area contributed by atoms with Crippen LogP contribution in [-0.4, -0.2) is 32.9 Å². The molecule has 0 amide bonds. The van der Waals surface area contributed by atoms with Crippen molar-refractivity contribution in [3.05, 3.63) is 23.8 Å². The predicted octanol–water partition coefficient (Wildman–Crippen LogP) is 2.99. The summed E-state index contributed by atoms with van der Waals surface area (Å²) in [5.74, 6) is 0.789. The van der Waals surface area contributed by atoms with Gasteiger partial charge in [0, 0.05) is 13.1 Å². The molecule has 20 heavy (non-hydrogen) atoms. The molecule has 1 fully saturated rings. The van der Waals surface area contributed by atoms with E-state index in [4.69, 9.17) is 4.74 Å². The number of nitrogens with zero attached hydrogens (tertiary/aromatic N) is 1. The topological polar surface area (TPSA) is 46.6 Å². The van der Waals surface area contributed by atoms with Gasteiger partial charge >= 0.3 is 0 Å². The number of rotatable bonds is 4. The van der Waals surface area contributed by atoms with Gasteiger partial charge < -0.3 is 4.74 Å². The SMILES string of the molecule is COc1cc(C(C)C)ccc1S(=O)(=O)N1CCCCC1. The summed E-state index contributed by atoms with van der Waals surface area (Å²) in [4.78, 5) is 0.284. The van der Waals surface area contributed by atoms with Gasteiger partial charge in [-0.15, -0.1) is 0 Å². The molecule has 0 saturated carbocycles. The number of hydrogen-bond donors (Lipinski definition) is 0. The molecule has 2 rings (SSSR count). The minimum absolute atomic E-state index is 0.284. The second-order valence-corrected chi connectivity index (χ2v) is 7.44. The molecule has 0 aromatic heterocycles. The maximum Gasteiger partial charge on any atom is 0.246 e. The molecule has 1 aromatic carbocycles. The lowest BCUT2D eigenvalue weighted by atomic mass is 10.0. The van der Waals surface area contributed by atoms with Crippen LogP contribution >= 0.6 is 0 Å². The van der Waals surface area contributed by atoms with E-state index in [-0.39, 0.29) is 4.90 Å². The van der Waals surface area contributed by atoms with Crippen LogP contribution in [0.3, 0.4) is 0 Å². The molecule has 0 radical (unpaired) electrons. The second kappa shape index (κ2) is 6.14. The molecule has 1 heterocycles. The van der Waals surface area contributed by atoms with Gasteiger partial charge in [-0.25, -0.2) is 8.42 Å². The summed E-state index contributed by atoms with van der Waals surface area (Å²) in [7, 11) is -1.92. The molecule has 0 spiro atoms. The van der Waals surface area contributed by atoms with E-state index >= 15 is 0 Å². The van der Waals surface area contributed by atoms with Crippen LogP contribution in [0.1, 0.15) is 44.6 Å². The molecule has 1 aliphatic rings. The average Bonchev–Trinajstić information content (AvgIpc) is 2.47. The number of ether oxygens (including phenoxy) is 1. The quantitative estimate of drug-likeness (QED) is 0.858. The van der Waals surface area contributed by atoms with Crippen molar-refractivity contribution in [2.75, 3.05) is 20.2 Å². The summed E-state index contributed by atoms with van der Waals surface area (Å²) in [5.41, 5.74) is 1.08. The van der Waals surface area contributed by atoms with Crippen LogP contribution in [0.2, 0.25) is 0 Å². The average molecular weight is 297 g/mol. The Morgan fingerprint density at radius 2 is 1.80 bits per heavy atom. The Morgan fingerprint density at radius 1 is 1.15 bits per heavy atom. The van der Waals surface area contributed by atoms with Crippen molar-refractivity contribution in [1.29, 1.82) is 0 Å². The first-order chi connectivity index (χ1) is 9.46. The fourth-order valence-corrected chi connectivity index (χ4v) is 4.15. The normalized spacial score (nSPS) is 17.4. The Morgan fingerprint density at radius 3 is 2.35 bits per heavy atom. The third-order valence-electron chi connectivity index (χ3n) is 3.79. The van der Waals surface area contributed by atoms with Crippen molar-refractivity contribution in [1.82, 2.24) is 4.31 Å². The molecule has 0 N–H and O–H groups in total. The maximum absolute atomic E-state index is 12.7. The van der Waals surface area contributed by atoms with Gasteiger partial charge in [-0.3, -0.25) is 0 Å². The van der Waals surface area contributed by atoms with Gasteiger partial charge in [0.05, 0.1) is 7.11 Å². The molecule has 0 atom stereocenters. The molecule has 4 nitrogen and oxygen atoms in total. The van der Waals surface area contributed by atoms with E-state index in [2.05, 4.69) is 13.8 Å². The Balaban J connectivity index is 2.40. The van der Waals surface area contributed by atoms with Crippen LogP contribution in [0.5, 0.6) is 5.75 Å². The smallest absolute Gasteiger partial charge is 0.246 e. The number of methoxy groups -OCH3 is 1. The van der Waals surface area contributed by atoms with Crippen molar-refractivity contribution >= 4 is 10.0 Å². The molecule has 5 heteroatoms. The lowest BCUT2D eigenvalue weighted by Gasteiger charge is -2.26. The minimum Gasteiger partial charge on any atom is -0.495 e. The van der Waals surface area contributed by atoms with Crippen molar-refractivity contribution < 1.29 is 13.2 Å². The molecular formula is C15H23NO3S.